The van der Waals surface area contributed by atoms with Gasteiger partial charge in [-0.1, -0.05) is 6.07 Å². The van der Waals surface area contributed by atoms with Crippen LogP contribution in [0.5, 0.6) is 11.5 Å². The summed E-state index contributed by atoms with van der Waals surface area (Å²) >= 11 is 0. The number of hydrogen-bond donors (Lipinski definition) is 0. The van der Waals surface area contributed by atoms with Crippen LogP contribution in [0.4, 0.5) is 4.39 Å². The van der Waals surface area contributed by atoms with E-state index in [9.17, 15) is 9.18 Å². The lowest BCUT2D eigenvalue weighted by Gasteiger charge is -2.11. The van der Waals surface area contributed by atoms with E-state index >= 15 is 0 Å². The molecule has 0 N–H and O–H groups in total. The van der Waals surface area contributed by atoms with Crippen molar-refractivity contribution in [2.24, 2.45) is 5.10 Å². The molecule has 124 valence electrons. The third-order valence-corrected chi connectivity index (χ3v) is 3.82. The van der Waals surface area contributed by atoms with E-state index < -0.39 is 5.82 Å². The zero-order valence-corrected chi connectivity index (χ0v) is 13.5. The third kappa shape index (κ3) is 3.08. The molecular weight excluding hydrogens is 311 g/mol. The van der Waals surface area contributed by atoms with Crippen LogP contribution in [0, 0.1) is 5.82 Å². The minimum atomic E-state index is -0.441. The van der Waals surface area contributed by atoms with Gasteiger partial charge in [-0.2, -0.15) is 5.10 Å². The third-order valence-electron chi connectivity index (χ3n) is 3.82. The van der Waals surface area contributed by atoms with Crippen LogP contribution >= 0.6 is 0 Å². The summed E-state index contributed by atoms with van der Waals surface area (Å²) < 4.78 is 23.8. The van der Waals surface area contributed by atoms with Gasteiger partial charge in [0.2, 0.25) is 0 Å². The van der Waals surface area contributed by atoms with Crippen molar-refractivity contribution >= 4 is 11.6 Å². The smallest absolute Gasteiger partial charge is 0.274 e. The van der Waals surface area contributed by atoms with Crippen molar-refractivity contribution < 1.29 is 18.7 Å². The van der Waals surface area contributed by atoms with Gasteiger partial charge in [0, 0.05) is 17.5 Å². The molecule has 24 heavy (non-hydrogen) atoms. The number of rotatable bonds is 4. The first-order valence-corrected chi connectivity index (χ1v) is 7.49. The average Bonchev–Trinajstić information content (AvgIpc) is 3.10. The van der Waals surface area contributed by atoms with E-state index in [0.717, 1.165) is 11.3 Å². The topological polar surface area (TPSA) is 51.1 Å². The Labute approximate surface area is 139 Å². The molecule has 0 unspecified atom stereocenters. The van der Waals surface area contributed by atoms with Gasteiger partial charge in [-0.15, -0.1) is 0 Å². The first kappa shape index (κ1) is 16.0. The summed E-state index contributed by atoms with van der Waals surface area (Å²) in [5.74, 6) is 0.481. The molecule has 0 aromatic heterocycles. The maximum Gasteiger partial charge on any atom is 0.274 e. The van der Waals surface area contributed by atoms with Crippen molar-refractivity contribution in [2.45, 2.75) is 6.42 Å². The summed E-state index contributed by atoms with van der Waals surface area (Å²) in [5, 5.41) is 5.74. The molecule has 0 spiro atoms. The Morgan fingerprint density at radius 3 is 2.62 bits per heavy atom. The first-order chi connectivity index (χ1) is 11.6. The van der Waals surface area contributed by atoms with Crippen LogP contribution in [-0.2, 0) is 0 Å². The Morgan fingerprint density at radius 1 is 1.12 bits per heavy atom. The largest absolute Gasteiger partial charge is 0.493 e. The number of halogens is 1. The second kappa shape index (κ2) is 6.70. The molecule has 2 aromatic rings. The molecule has 1 amide bonds. The number of methoxy groups -OCH3 is 2. The summed E-state index contributed by atoms with van der Waals surface area (Å²) in [4.78, 5) is 12.4. The summed E-state index contributed by atoms with van der Waals surface area (Å²) in [6.45, 7) is 0.457. The summed E-state index contributed by atoms with van der Waals surface area (Å²) in [5.41, 5.74) is 1.93. The lowest BCUT2D eigenvalue weighted by Crippen LogP contribution is -2.23. The van der Waals surface area contributed by atoms with Gasteiger partial charge in [-0.3, -0.25) is 4.79 Å². The zero-order valence-electron chi connectivity index (χ0n) is 13.5. The molecule has 0 bridgehead atoms. The molecule has 0 atom stereocenters. The zero-order chi connectivity index (χ0) is 17.1. The van der Waals surface area contributed by atoms with Crippen molar-refractivity contribution in [1.29, 1.82) is 0 Å². The number of ether oxygens (including phenoxy) is 2. The van der Waals surface area contributed by atoms with Crippen molar-refractivity contribution in [3.8, 4) is 11.5 Å². The summed E-state index contributed by atoms with van der Waals surface area (Å²) in [6.07, 6.45) is 0.622. The Hall–Kier alpha value is -2.89. The van der Waals surface area contributed by atoms with Crippen LogP contribution in [0.15, 0.2) is 47.6 Å². The van der Waals surface area contributed by atoms with Crippen LogP contribution in [0.3, 0.4) is 0 Å². The molecule has 0 aliphatic carbocycles. The number of hydrazone groups is 1. The predicted octanol–water partition coefficient (Wildman–Crippen LogP) is 3.09. The predicted molar refractivity (Wildman–Crippen MR) is 88.1 cm³/mol. The van der Waals surface area contributed by atoms with Gasteiger partial charge in [-0.05, 0) is 36.4 Å². The summed E-state index contributed by atoms with van der Waals surface area (Å²) in [6, 6.07) is 11.1. The lowest BCUT2D eigenvalue weighted by atomic mass is 10.1. The van der Waals surface area contributed by atoms with Crippen LogP contribution in [0.2, 0.25) is 0 Å². The molecule has 2 aromatic carbocycles. The highest BCUT2D eigenvalue weighted by atomic mass is 19.1. The molecule has 1 aliphatic rings. The maximum atomic E-state index is 13.3. The number of amides is 1. The quantitative estimate of drug-likeness (QED) is 0.866. The van der Waals surface area contributed by atoms with Gasteiger partial charge in [-0.25, -0.2) is 9.40 Å². The SMILES string of the molecule is COc1ccc(C2=NN(C(=O)c3cccc(F)c3)CC2)cc1OC. The van der Waals surface area contributed by atoms with E-state index in [1.54, 1.807) is 26.4 Å². The Balaban J connectivity index is 1.84. The first-order valence-electron chi connectivity index (χ1n) is 7.49. The summed E-state index contributed by atoms with van der Waals surface area (Å²) in [7, 11) is 3.14. The van der Waals surface area contributed by atoms with Gasteiger partial charge < -0.3 is 9.47 Å². The number of nitrogens with zero attached hydrogens (tertiary/aromatic N) is 2. The Kier molecular flexibility index (Phi) is 4.46. The van der Waals surface area contributed by atoms with E-state index in [1.807, 2.05) is 12.1 Å². The molecule has 5 nitrogen and oxygen atoms in total. The van der Waals surface area contributed by atoms with Crippen LogP contribution in [-0.4, -0.2) is 37.4 Å². The normalized spacial score (nSPS) is 13.6. The molecule has 1 aliphatic heterocycles. The van der Waals surface area contributed by atoms with E-state index in [1.165, 1.54) is 23.2 Å². The highest BCUT2D eigenvalue weighted by Crippen LogP contribution is 2.29. The maximum absolute atomic E-state index is 13.3. The van der Waals surface area contributed by atoms with Gasteiger partial charge in [0.25, 0.3) is 5.91 Å². The minimum absolute atomic E-state index is 0.285. The van der Waals surface area contributed by atoms with Gasteiger partial charge in [0.1, 0.15) is 5.82 Å². The van der Waals surface area contributed by atoms with E-state index in [0.29, 0.717) is 24.5 Å². The number of carbonyl (C=O) groups excluding carboxylic acids is 1. The van der Waals surface area contributed by atoms with Gasteiger partial charge in [0.05, 0.1) is 26.5 Å². The molecular formula is C18H17FN2O3. The average molecular weight is 328 g/mol. The fourth-order valence-electron chi connectivity index (χ4n) is 2.59. The molecule has 1 heterocycles. The van der Waals surface area contributed by atoms with Gasteiger partial charge >= 0.3 is 0 Å². The second-order valence-corrected chi connectivity index (χ2v) is 5.31. The number of carbonyl (C=O) groups is 1. The monoisotopic (exact) mass is 328 g/mol. The number of hydrogen-bond acceptors (Lipinski definition) is 4. The fourth-order valence-corrected chi connectivity index (χ4v) is 2.59. The fraction of sp³-hybridized carbons (Fsp3) is 0.222. The molecule has 6 heteroatoms. The molecule has 3 rings (SSSR count). The van der Waals surface area contributed by atoms with Crippen LogP contribution in [0.1, 0.15) is 22.3 Å². The second-order valence-electron chi connectivity index (χ2n) is 5.31. The van der Waals surface area contributed by atoms with Gasteiger partial charge in [0.15, 0.2) is 11.5 Å². The lowest BCUT2D eigenvalue weighted by molar-refractivity contribution is 0.0778. The van der Waals surface area contributed by atoms with Crippen LogP contribution in [0.25, 0.3) is 0 Å². The minimum Gasteiger partial charge on any atom is -0.493 e. The molecule has 0 saturated carbocycles. The van der Waals surface area contributed by atoms with Crippen molar-refractivity contribution in [2.75, 3.05) is 20.8 Å². The molecule has 0 radical (unpaired) electrons. The Morgan fingerprint density at radius 2 is 1.92 bits per heavy atom. The molecule has 0 fully saturated rings. The standard InChI is InChI=1S/C18H17FN2O3/c1-23-16-7-6-12(11-17(16)24-2)15-8-9-21(20-15)18(22)13-4-3-5-14(19)10-13/h3-7,10-11H,8-9H2,1-2H3. The van der Waals surface area contributed by atoms with Crippen molar-refractivity contribution in [3.05, 3.63) is 59.4 Å². The van der Waals surface area contributed by atoms with Crippen molar-refractivity contribution in [1.82, 2.24) is 5.01 Å². The van der Waals surface area contributed by atoms with E-state index in [-0.39, 0.29) is 11.5 Å². The number of benzene rings is 2. The van der Waals surface area contributed by atoms with Crippen molar-refractivity contribution in [3.63, 3.8) is 0 Å². The Bertz CT molecular complexity index is 805. The molecule has 0 saturated heterocycles. The van der Waals surface area contributed by atoms with E-state index in [4.69, 9.17) is 9.47 Å². The highest BCUT2D eigenvalue weighted by molar-refractivity contribution is 6.04. The van der Waals surface area contributed by atoms with E-state index in [2.05, 4.69) is 5.10 Å². The highest BCUT2D eigenvalue weighted by Gasteiger charge is 2.23. The van der Waals surface area contributed by atoms with Crippen LogP contribution < -0.4 is 9.47 Å².